The molecule has 0 unspecified atom stereocenters. The Bertz CT molecular complexity index is 374. The first-order chi connectivity index (χ1) is 7.96. The Hall–Kier alpha value is -0.840. The smallest absolute Gasteiger partial charge is 0.256 e. The van der Waals surface area contributed by atoms with Crippen LogP contribution < -0.4 is 5.32 Å². The topological polar surface area (TPSA) is 55.1 Å². The molecule has 1 rings (SSSR count). The van der Waals surface area contributed by atoms with Gasteiger partial charge in [0.25, 0.3) is 5.91 Å². The third-order valence-corrected chi connectivity index (χ3v) is 3.27. The average molecular weight is 303 g/mol. The van der Waals surface area contributed by atoms with Crippen molar-refractivity contribution in [3.8, 4) is 0 Å². The van der Waals surface area contributed by atoms with Gasteiger partial charge in [-0.05, 0) is 25.2 Å². The Morgan fingerprint density at radius 1 is 1.59 bits per heavy atom. The number of halogens is 1. The fraction of sp³-hybridized carbons (Fsp3) is 0.667. The van der Waals surface area contributed by atoms with Crippen molar-refractivity contribution in [2.75, 3.05) is 11.9 Å². The first-order valence-corrected chi connectivity index (χ1v) is 6.84. The highest BCUT2D eigenvalue weighted by molar-refractivity contribution is 9.09. The van der Waals surface area contributed by atoms with Crippen LogP contribution in [0.15, 0.2) is 10.7 Å². The van der Waals surface area contributed by atoms with Crippen LogP contribution >= 0.6 is 15.9 Å². The van der Waals surface area contributed by atoms with Crippen molar-refractivity contribution in [3.63, 3.8) is 0 Å². The fourth-order valence-corrected chi connectivity index (χ4v) is 1.85. The van der Waals surface area contributed by atoms with Gasteiger partial charge in [-0.15, -0.1) is 0 Å². The SMILES string of the molecule is Cc1oncc1C(=O)NCC(C)(C)CCCBr. The van der Waals surface area contributed by atoms with Gasteiger partial charge in [0.2, 0.25) is 0 Å². The van der Waals surface area contributed by atoms with Gasteiger partial charge in [0.1, 0.15) is 11.3 Å². The first kappa shape index (κ1) is 14.2. The summed E-state index contributed by atoms with van der Waals surface area (Å²) in [4.78, 5) is 11.8. The number of hydrogen-bond donors (Lipinski definition) is 1. The zero-order valence-corrected chi connectivity index (χ0v) is 12.1. The van der Waals surface area contributed by atoms with Crippen LogP contribution in [0.4, 0.5) is 0 Å². The molecule has 0 fully saturated rings. The number of nitrogens with one attached hydrogen (secondary N) is 1. The van der Waals surface area contributed by atoms with E-state index in [0.717, 1.165) is 18.2 Å². The number of aromatic nitrogens is 1. The van der Waals surface area contributed by atoms with E-state index < -0.39 is 0 Å². The van der Waals surface area contributed by atoms with Crippen molar-refractivity contribution in [2.24, 2.45) is 5.41 Å². The fourth-order valence-electron chi connectivity index (χ4n) is 1.57. The van der Waals surface area contributed by atoms with Crippen molar-refractivity contribution in [1.82, 2.24) is 10.5 Å². The maximum absolute atomic E-state index is 11.8. The minimum absolute atomic E-state index is 0.106. The standard InChI is InChI=1S/C12H19BrN2O2/c1-9-10(7-15-17-9)11(16)14-8-12(2,3)5-4-6-13/h7H,4-6,8H2,1-3H3,(H,14,16). The molecule has 0 saturated carbocycles. The predicted octanol–water partition coefficient (Wildman–Crippen LogP) is 2.91. The summed E-state index contributed by atoms with van der Waals surface area (Å²) < 4.78 is 4.87. The lowest BCUT2D eigenvalue weighted by molar-refractivity contribution is 0.0933. The Kier molecular flexibility index (Phi) is 5.18. The van der Waals surface area contributed by atoms with Crippen LogP contribution in [0.1, 0.15) is 42.8 Å². The van der Waals surface area contributed by atoms with Gasteiger partial charge in [0.15, 0.2) is 0 Å². The predicted molar refractivity (Wildman–Crippen MR) is 70.4 cm³/mol. The lowest BCUT2D eigenvalue weighted by atomic mass is 9.88. The lowest BCUT2D eigenvalue weighted by Gasteiger charge is -2.24. The molecule has 1 amide bonds. The zero-order chi connectivity index (χ0) is 12.9. The average Bonchev–Trinajstić information content (AvgIpc) is 2.70. The number of nitrogens with zero attached hydrogens (tertiary/aromatic N) is 1. The van der Waals surface area contributed by atoms with Crippen molar-refractivity contribution >= 4 is 21.8 Å². The molecule has 1 aromatic rings. The van der Waals surface area contributed by atoms with Crippen LogP contribution in [-0.4, -0.2) is 22.9 Å². The summed E-state index contributed by atoms with van der Waals surface area (Å²) >= 11 is 3.42. The third-order valence-electron chi connectivity index (χ3n) is 2.71. The maximum Gasteiger partial charge on any atom is 0.256 e. The molecule has 0 aromatic carbocycles. The maximum atomic E-state index is 11.8. The Labute approximate surface area is 110 Å². The summed E-state index contributed by atoms with van der Waals surface area (Å²) in [7, 11) is 0. The first-order valence-electron chi connectivity index (χ1n) is 5.72. The number of alkyl halides is 1. The number of carbonyl (C=O) groups is 1. The zero-order valence-electron chi connectivity index (χ0n) is 10.5. The van der Waals surface area contributed by atoms with Crippen molar-refractivity contribution < 1.29 is 9.32 Å². The van der Waals surface area contributed by atoms with E-state index in [4.69, 9.17) is 4.52 Å². The Morgan fingerprint density at radius 2 is 2.29 bits per heavy atom. The van der Waals surface area contributed by atoms with E-state index in [1.54, 1.807) is 6.92 Å². The normalized spacial score (nSPS) is 11.5. The molecule has 1 aromatic heterocycles. The molecule has 1 N–H and O–H groups in total. The van der Waals surface area contributed by atoms with Crippen molar-refractivity contribution in [3.05, 3.63) is 17.5 Å². The molecule has 0 spiro atoms. The number of carbonyl (C=O) groups excluding carboxylic acids is 1. The lowest BCUT2D eigenvalue weighted by Crippen LogP contribution is -2.34. The summed E-state index contributed by atoms with van der Waals surface area (Å²) in [5.41, 5.74) is 0.621. The van der Waals surface area contributed by atoms with Gasteiger partial charge in [0, 0.05) is 11.9 Å². The largest absolute Gasteiger partial charge is 0.361 e. The summed E-state index contributed by atoms with van der Waals surface area (Å²) in [6, 6.07) is 0. The van der Waals surface area contributed by atoms with Gasteiger partial charge in [0.05, 0.1) is 6.20 Å². The molecule has 96 valence electrons. The second kappa shape index (κ2) is 6.19. The molecule has 0 radical (unpaired) electrons. The van der Waals surface area contributed by atoms with Gasteiger partial charge >= 0.3 is 0 Å². The van der Waals surface area contributed by atoms with E-state index in [1.165, 1.54) is 6.20 Å². The molecule has 0 atom stereocenters. The molecule has 0 saturated heterocycles. The van der Waals surface area contributed by atoms with Gasteiger partial charge in [-0.1, -0.05) is 34.9 Å². The molecular weight excluding hydrogens is 284 g/mol. The Morgan fingerprint density at radius 3 is 2.82 bits per heavy atom. The van der Waals surface area contributed by atoms with Gasteiger partial charge in [-0.25, -0.2) is 0 Å². The minimum atomic E-state index is -0.115. The number of aryl methyl sites for hydroxylation is 1. The van der Waals surface area contributed by atoms with E-state index in [0.29, 0.717) is 17.9 Å². The van der Waals surface area contributed by atoms with Gasteiger partial charge < -0.3 is 9.84 Å². The highest BCUT2D eigenvalue weighted by Gasteiger charge is 2.20. The summed E-state index contributed by atoms with van der Waals surface area (Å²) in [5, 5.41) is 7.51. The van der Waals surface area contributed by atoms with Crippen molar-refractivity contribution in [2.45, 2.75) is 33.6 Å². The van der Waals surface area contributed by atoms with Crippen LogP contribution in [-0.2, 0) is 0 Å². The van der Waals surface area contributed by atoms with E-state index in [2.05, 4.69) is 40.3 Å². The molecule has 1 heterocycles. The number of amides is 1. The molecule has 0 bridgehead atoms. The molecular formula is C12H19BrN2O2. The third kappa shape index (κ3) is 4.50. The molecule has 5 heteroatoms. The van der Waals surface area contributed by atoms with Gasteiger partial charge in [-0.2, -0.15) is 0 Å². The number of hydrogen-bond acceptors (Lipinski definition) is 3. The van der Waals surface area contributed by atoms with Gasteiger partial charge in [-0.3, -0.25) is 4.79 Å². The summed E-state index contributed by atoms with van der Waals surface area (Å²) in [6.07, 6.45) is 3.63. The highest BCUT2D eigenvalue weighted by Crippen LogP contribution is 2.21. The van der Waals surface area contributed by atoms with E-state index in [1.807, 2.05) is 0 Å². The van der Waals surface area contributed by atoms with Crippen LogP contribution in [0.25, 0.3) is 0 Å². The summed E-state index contributed by atoms with van der Waals surface area (Å²) in [5.74, 6) is 0.441. The quantitative estimate of drug-likeness (QED) is 0.822. The second-order valence-corrected chi connectivity index (χ2v) is 5.73. The molecule has 17 heavy (non-hydrogen) atoms. The molecule has 4 nitrogen and oxygen atoms in total. The summed E-state index contributed by atoms with van der Waals surface area (Å²) in [6.45, 7) is 6.69. The van der Waals surface area contributed by atoms with E-state index in [9.17, 15) is 4.79 Å². The molecule has 0 aliphatic rings. The Balaban J connectivity index is 2.45. The molecule has 0 aliphatic carbocycles. The minimum Gasteiger partial charge on any atom is -0.361 e. The van der Waals surface area contributed by atoms with E-state index in [-0.39, 0.29) is 11.3 Å². The van der Waals surface area contributed by atoms with Crippen LogP contribution in [0.3, 0.4) is 0 Å². The van der Waals surface area contributed by atoms with E-state index >= 15 is 0 Å². The second-order valence-electron chi connectivity index (χ2n) is 4.94. The van der Waals surface area contributed by atoms with Crippen LogP contribution in [0.2, 0.25) is 0 Å². The van der Waals surface area contributed by atoms with Crippen LogP contribution in [0.5, 0.6) is 0 Å². The monoisotopic (exact) mass is 302 g/mol. The number of rotatable bonds is 6. The van der Waals surface area contributed by atoms with Crippen LogP contribution in [0, 0.1) is 12.3 Å². The van der Waals surface area contributed by atoms with Crippen molar-refractivity contribution in [1.29, 1.82) is 0 Å². The highest BCUT2D eigenvalue weighted by atomic mass is 79.9. The molecule has 0 aliphatic heterocycles.